The maximum atomic E-state index is 11.6. The zero-order valence-corrected chi connectivity index (χ0v) is 16.7. The number of rotatable bonds is 7. The van der Waals surface area contributed by atoms with Crippen LogP contribution in [0.3, 0.4) is 0 Å². The highest BCUT2D eigenvalue weighted by Crippen LogP contribution is 2.37. The highest BCUT2D eigenvalue weighted by molar-refractivity contribution is 7.19. The van der Waals surface area contributed by atoms with Gasteiger partial charge in [-0.2, -0.15) is 0 Å². The Kier molecular flexibility index (Phi) is 5.97. The van der Waals surface area contributed by atoms with Gasteiger partial charge in [0.15, 0.2) is 5.82 Å². The smallest absolute Gasteiger partial charge is 0.407 e. The number of hydrogen-bond donors (Lipinski definition) is 3. The molecule has 4 rings (SSSR count). The van der Waals surface area contributed by atoms with Crippen LogP contribution in [-0.2, 0) is 17.7 Å². The van der Waals surface area contributed by atoms with E-state index in [-0.39, 0.29) is 6.61 Å². The van der Waals surface area contributed by atoms with Gasteiger partial charge in [0.25, 0.3) is 0 Å². The minimum Gasteiger partial charge on any atom is -0.445 e. The lowest BCUT2D eigenvalue weighted by Gasteiger charge is -2.14. The van der Waals surface area contributed by atoms with E-state index in [1.807, 2.05) is 12.1 Å². The molecule has 1 aliphatic heterocycles. The molecule has 0 unspecified atom stereocenters. The standard InChI is InChI=1S/C20H22N6O2S/c1-2-11-28-20(27)24-10-9-23-18-16-14-5-8-22-12-15(14)29-19(16)26-17(25-18)13-3-6-21-7-4-13/h2-4,6-7,22H,1,5,8-12H2,(H,24,27)(H,23,25,26). The number of amides is 1. The second kappa shape index (κ2) is 8.97. The second-order valence-electron chi connectivity index (χ2n) is 6.48. The molecular formula is C20H22N6O2S. The first kappa shape index (κ1) is 19.3. The molecule has 4 heterocycles. The summed E-state index contributed by atoms with van der Waals surface area (Å²) in [4.78, 5) is 27.5. The summed E-state index contributed by atoms with van der Waals surface area (Å²) in [5, 5.41) is 10.6. The number of carbonyl (C=O) groups is 1. The third kappa shape index (κ3) is 4.36. The number of aromatic nitrogens is 3. The van der Waals surface area contributed by atoms with E-state index in [0.717, 1.165) is 41.1 Å². The van der Waals surface area contributed by atoms with Gasteiger partial charge in [-0.3, -0.25) is 4.98 Å². The lowest BCUT2D eigenvalue weighted by molar-refractivity contribution is 0.159. The first-order chi connectivity index (χ1) is 14.3. The average Bonchev–Trinajstić information content (AvgIpc) is 3.14. The molecule has 0 aliphatic carbocycles. The molecule has 1 aliphatic rings. The van der Waals surface area contributed by atoms with Gasteiger partial charge in [-0.05, 0) is 30.7 Å². The van der Waals surface area contributed by atoms with E-state index in [1.54, 1.807) is 23.7 Å². The summed E-state index contributed by atoms with van der Waals surface area (Å²) in [5.41, 5.74) is 2.23. The molecule has 3 N–H and O–H groups in total. The van der Waals surface area contributed by atoms with Crippen molar-refractivity contribution in [2.24, 2.45) is 0 Å². The highest BCUT2D eigenvalue weighted by atomic mass is 32.1. The predicted octanol–water partition coefficient (Wildman–Crippen LogP) is 2.72. The van der Waals surface area contributed by atoms with Gasteiger partial charge in [-0.25, -0.2) is 14.8 Å². The minimum atomic E-state index is -0.462. The monoisotopic (exact) mass is 410 g/mol. The molecule has 29 heavy (non-hydrogen) atoms. The molecule has 8 nitrogen and oxygen atoms in total. The summed E-state index contributed by atoms with van der Waals surface area (Å²) in [6, 6.07) is 3.80. The molecule has 3 aromatic rings. The molecule has 150 valence electrons. The Hall–Kier alpha value is -3.04. The second-order valence-corrected chi connectivity index (χ2v) is 7.57. The molecule has 0 bridgehead atoms. The third-order valence-electron chi connectivity index (χ3n) is 4.53. The number of nitrogens with zero attached hydrogens (tertiary/aromatic N) is 3. The Bertz CT molecular complexity index is 1020. The van der Waals surface area contributed by atoms with E-state index < -0.39 is 6.09 Å². The van der Waals surface area contributed by atoms with Gasteiger partial charge in [0.1, 0.15) is 17.3 Å². The summed E-state index contributed by atoms with van der Waals surface area (Å²) in [5.74, 6) is 1.45. The largest absolute Gasteiger partial charge is 0.445 e. The fraction of sp³-hybridized carbons (Fsp3) is 0.300. The van der Waals surface area contributed by atoms with Crippen molar-refractivity contribution in [1.82, 2.24) is 25.6 Å². The van der Waals surface area contributed by atoms with Crippen LogP contribution < -0.4 is 16.0 Å². The van der Waals surface area contributed by atoms with Crippen LogP contribution in [-0.4, -0.2) is 47.3 Å². The molecule has 0 spiro atoms. The van der Waals surface area contributed by atoms with Gasteiger partial charge in [0, 0.05) is 42.5 Å². The van der Waals surface area contributed by atoms with E-state index in [0.29, 0.717) is 18.9 Å². The number of fused-ring (bicyclic) bond motifs is 3. The van der Waals surface area contributed by atoms with E-state index in [9.17, 15) is 4.79 Å². The molecule has 0 saturated heterocycles. The summed E-state index contributed by atoms with van der Waals surface area (Å²) >= 11 is 1.71. The normalized spacial score (nSPS) is 13.0. The van der Waals surface area contributed by atoms with Crippen molar-refractivity contribution < 1.29 is 9.53 Å². The fourth-order valence-corrected chi connectivity index (χ4v) is 4.40. The lowest BCUT2D eigenvalue weighted by Crippen LogP contribution is -2.29. The number of hydrogen-bond acceptors (Lipinski definition) is 8. The Labute approximate surface area is 172 Å². The first-order valence-electron chi connectivity index (χ1n) is 9.45. The van der Waals surface area contributed by atoms with Gasteiger partial charge in [-0.1, -0.05) is 12.7 Å². The van der Waals surface area contributed by atoms with Crippen molar-refractivity contribution in [1.29, 1.82) is 0 Å². The molecule has 0 atom stereocenters. The van der Waals surface area contributed by atoms with Gasteiger partial charge < -0.3 is 20.7 Å². The topological polar surface area (TPSA) is 101 Å². The third-order valence-corrected chi connectivity index (χ3v) is 5.65. The molecule has 9 heteroatoms. The average molecular weight is 411 g/mol. The first-order valence-corrected chi connectivity index (χ1v) is 10.3. The highest BCUT2D eigenvalue weighted by Gasteiger charge is 2.21. The van der Waals surface area contributed by atoms with Crippen LogP contribution in [0.2, 0.25) is 0 Å². The number of pyridine rings is 1. The summed E-state index contributed by atoms with van der Waals surface area (Å²) in [6.07, 6.45) is 5.49. The number of thiophene rings is 1. The van der Waals surface area contributed by atoms with Crippen LogP contribution in [0.25, 0.3) is 21.6 Å². The van der Waals surface area contributed by atoms with E-state index in [4.69, 9.17) is 14.7 Å². The van der Waals surface area contributed by atoms with E-state index in [2.05, 4.69) is 27.5 Å². The molecule has 0 saturated carbocycles. The van der Waals surface area contributed by atoms with Crippen molar-refractivity contribution in [3.05, 3.63) is 47.6 Å². The number of alkyl carbamates (subject to hydrolysis) is 1. The fourth-order valence-electron chi connectivity index (χ4n) is 3.22. The maximum absolute atomic E-state index is 11.6. The molecular weight excluding hydrogens is 388 g/mol. The number of ether oxygens (including phenoxy) is 1. The molecule has 1 amide bonds. The van der Waals surface area contributed by atoms with Crippen LogP contribution in [0.15, 0.2) is 37.2 Å². The summed E-state index contributed by atoms with van der Waals surface area (Å²) < 4.78 is 4.92. The molecule has 0 aromatic carbocycles. The zero-order valence-electron chi connectivity index (χ0n) is 15.9. The van der Waals surface area contributed by atoms with Gasteiger partial charge in [0.05, 0.1) is 5.39 Å². The minimum absolute atomic E-state index is 0.191. The van der Waals surface area contributed by atoms with E-state index >= 15 is 0 Å². The maximum Gasteiger partial charge on any atom is 0.407 e. The van der Waals surface area contributed by atoms with Crippen LogP contribution in [0.1, 0.15) is 10.4 Å². The van der Waals surface area contributed by atoms with Crippen molar-refractivity contribution in [2.75, 3.05) is 31.6 Å². The quantitative estimate of drug-likeness (QED) is 0.407. The van der Waals surface area contributed by atoms with Crippen molar-refractivity contribution in [3.8, 4) is 11.4 Å². The molecule has 0 fully saturated rings. The summed E-state index contributed by atoms with van der Waals surface area (Å²) in [7, 11) is 0. The lowest BCUT2D eigenvalue weighted by atomic mass is 10.1. The Morgan fingerprint density at radius 2 is 2.17 bits per heavy atom. The molecule has 0 radical (unpaired) electrons. The summed E-state index contributed by atoms with van der Waals surface area (Å²) in [6.45, 7) is 6.45. The van der Waals surface area contributed by atoms with E-state index in [1.165, 1.54) is 16.5 Å². The van der Waals surface area contributed by atoms with Crippen LogP contribution >= 0.6 is 11.3 Å². The van der Waals surface area contributed by atoms with Crippen molar-refractivity contribution in [2.45, 2.75) is 13.0 Å². The predicted molar refractivity (Wildman–Crippen MR) is 114 cm³/mol. The van der Waals surface area contributed by atoms with Crippen LogP contribution in [0.4, 0.5) is 10.6 Å². The van der Waals surface area contributed by atoms with Gasteiger partial charge in [-0.15, -0.1) is 11.3 Å². The van der Waals surface area contributed by atoms with Crippen molar-refractivity contribution in [3.63, 3.8) is 0 Å². The van der Waals surface area contributed by atoms with Gasteiger partial charge in [0.2, 0.25) is 0 Å². The molecule has 3 aromatic heterocycles. The number of anilines is 1. The van der Waals surface area contributed by atoms with Gasteiger partial charge >= 0.3 is 6.09 Å². The Morgan fingerprint density at radius 1 is 1.31 bits per heavy atom. The number of carbonyl (C=O) groups excluding carboxylic acids is 1. The van der Waals surface area contributed by atoms with Crippen LogP contribution in [0.5, 0.6) is 0 Å². The van der Waals surface area contributed by atoms with Crippen LogP contribution in [0, 0.1) is 0 Å². The number of nitrogens with one attached hydrogen (secondary N) is 3. The SMILES string of the molecule is C=CCOC(=O)NCCNc1nc(-c2ccncc2)nc2sc3c(c12)CCNC3. The van der Waals surface area contributed by atoms with Crippen molar-refractivity contribution >= 4 is 33.5 Å². The Morgan fingerprint density at radius 3 is 3.00 bits per heavy atom. The Balaban J connectivity index is 1.59. The zero-order chi connectivity index (χ0) is 20.1.